The van der Waals surface area contributed by atoms with Gasteiger partial charge in [-0.1, -0.05) is 32.4 Å². The Morgan fingerprint density at radius 1 is 1.19 bits per heavy atom. The largest absolute Gasteiger partial charge is 0.356 e. The van der Waals surface area contributed by atoms with Crippen LogP contribution in [0, 0.1) is 11.3 Å². The second-order valence-electron chi connectivity index (χ2n) is 8.16. The van der Waals surface area contributed by atoms with Gasteiger partial charge >= 0.3 is 0 Å². The van der Waals surface area contributed by atoms with Gasteiger partial charge in [0.15, 0.2) is 5.96 Å². The van der Waals surface area contributed by atoms with E-state index in [-0.39, 0.29) is 0 Å². The molecule has 0 amide bonds. The monoisotopic (exact) mass is 394 g/mol. The molecule has 0 bridgehead atoms. The van der Waals surface area contributed by atoms with Crippen molar-refractivity contribution in [2.45, 2.75) is 51.0 Å². The molecule has 1 saturated carbocycles. The maximum Gasteiger partial charge on any atom is 0.242 e. The number of nitrogens with zero attached hydrogens (tertiary/aromatic N) is 2. The van der Waals surface area contributed by atoms with E-state index in [0.717, 1.165) is 18.1 Å². The fourth-order valence-electron chi connectivity index (χ4n) is 3.66. The summed E-state index contributed by atoms with van der Waals surface area (Å²) in [6.45, 7) is 6.12. The van der Waals surface area contributed by atoms with Crippen molar-refractivity contribution in [1.29, 1.82) is 0 Å². The van der Waals surface area contributed by atoms with Crippen LogP contribution in [0.25, 0.3) is 0 Å². The van der Waals surface area contributed by atoms with Gasteiger partial charge in [0.05, 0.1) is 4.90 Å². The highest BCUT2D eigenvalue weighted by molar-refractivity contribution is 7.89. The summed E-state index contributed by atoms with van der Waals surface area (Å²) >= 11 is 0. The van der Waals surface area contributed by atoms with Crippen LogP contribution in [0.15, 0.2) is 34.2 Å². The normalized spacial score (nSPS) is 17.1. The zero-order valence-corrected chi connectivity index (χ0v) is 18.1. The van der Waals surface area contributed by atoms with Crippen LogP contribution in [0.2, 0.25) is 0 Å². The van der Waals surface area contributed by atoms with E-state index in [1.807, 2.05) is 12.1 Å². The van der Waals surface area contributed by atoms with Gasteiger partial charge in [-0.3, -0.25) is 4.99 Å². The van der Waals surface area contributed by atoms with E-state index in [1.165, 1.54) is 44.1 Å². The molecule has 0 heterocycles. The number of nitrogens with one attached hydrogen (secondary N) is 2. The van der Waals surface area contributed by atoms with Gasteiger partial charge in [-0.15, -0.1) is 0 Å². The lowest BCUT2D eigenvalue weighted by atomic mass is 9.64. The lowest BCUT2D eigenvalue weighted by Crippen LogP contribution is -2.46. The lowest BCUT2D eigenvalue weighted by Gasteiger charge is -2.43. The molecule has 0 aromatic heterocycles. The Balaban J connectivity index is 1.89. The minimum absolute atomic E-state index is 0.305. The first-order valence-corrected chi connectivity index (χ1v) is 11.1. The molecule has 1 fully saturated rings. The highest BCUT2D eigenvalue weighted by atomic mass is 32.2. The molecule has 0 radical (unpaired) electrons. The van der Waals surface area contributed by atoms with E-state index < -0.39 is 10.0 Å². The number of hydrogen-bond acceptors (Lipinski definition) is 3. The Morgan fingerprint density at radius 2 is 1.81 bits per heavy atom. The molecule has 27 heavy (non-hydrogen) atoms. The third-order valence-corrected chi connectivity index (χ3v) is 7.10. The van der Waals surface area contributed by atoms with Crippen LogP contribution >= 0.6 is 0 Å². The summed E-state index contributed by atoms with van der Waals surface area (Å²) in [7, 11) is 1.46. The fourth-order valence-corrected chi connectivity index (χ4v) is 4.57. The Bertz CT molecular complexity index is 736. The summed E-state index contributed by atoms with van der Waals surface area (Å²) in [6.07, 6.45) is 5.15. The molecule has 0 aliphatic heterocycles. The van der Waals surface area contributed by atoms with E-state index in [1.54, 1.807) is 19.2 Å². The first kappa shape index (κ1) is 21.7. The number of hydrogen-bond donors (Lipinski definition) is 2. The molecule has 0 unspecified atom stereocenters. The summed E-state index contributed by atoms with van der Waals surface area (Å²) in [5.41, 5.74) is 1.42. The standard InChI is InChI=1S/C20H34N4O2S/c1-16(2)13-20(11-6-12-20)15-23-19(21-3)22-14-17-7-9-18(10-8-17)27(25,26)24(4)5/h7-10,16H,6,11-15H2,1-5H3,(H2,21,22,23). The molecule has 7 heteroatoms. The smallest absolute Gasteiger partial charge is 0.242 e. The summed E-state index contributed by atoms with van der Waals surface area (Å²) < 4.78 is 25.5. The van der Waals surface area contributed by atoms with E-state index in [4.69, 9.17) is 0 Å². The lowest BCUT2D eigenvalue weighted by molar-refractivity contribution is 0.104. The highest BCUT2D eigenvalue weighted by Gasteiger charge is 2.37. The molecule has 0 spiro atoms. The second-order valence-corrected chi connectivity index (χ2v) is 10.3. The first-order chi connectivity index (χ1) is 12.7. The minimum Gasteiger partial charge on any atom is -0.356 e. The van der Waals surface area contributed by atoms with Crippen LogP contribution in [0.3, 0.4) is 0 Å². The van der Waals surface area contributed by atoms with Crippen LogP contribution in [-0.2, 0) is 16.6 Å². The molecule has 2 N–H and O–H groups in total. The summed E-state index contributed by atoms with van der Waals surface area (Å²) in [6, 6.07) is 6.97. The molecular formula is C20H34N4O2S. The Labute approximate surface area is 164 Å². The van der Waals surface area contributed by atoms with E-state index in [2.05, 4.69) is 29.5 Å². The van der Waals surface area contributed by atoms with Gasteiger partial charge < -0.3 is 10.6 Å². The van der Waals surface area contributed by atoms with Crippen molar-refractivity contribution in [3.05, 3.63) is 29.8 Å². The quantitative estimate of drug-likeness (QED) is 0.525. The van der Waals surface area contributed by atoms with Gasteiger partial charge in [-0.25, -0.2) is 12.7 Å². The SMILES string of the molecule is CN=C(NCc1ccc(S(=O)(=O)N(C)C)cc1)NCC1(CC(C)C)CCC1. The first-order valence-electron chi connectivity index (χ1n) is 9.64. The van der Waals surface area contributed by atoms with E-state index >= 15 is 0 Å². The van der Waals surface area contributed by atoms with Crippen molar-refractivity contribution in [3.8, 4) is 0 Å². The van der Waals surface area contributed by atoms with Crippen molar-refractivity contribution < 1.29 is 8.42 Å². The number of rotatable bonds is 8. The molecule has 1 aliphatic carbocycles. The maximum absolute atomic E-state index is 12.1. The summed E-state index contributed by atoms with van der Waals surface area (Å²) in [4.78, 5) is 4.62. The zero-order chi connectivity index (χ0) is 20.1. The number of aliphatic imine (C=N–C) groups is 1. The van der Waals surface area contributed by atoms with Crippen LogP contribution in [0.5, 0.6) is 0 Å². The summed E-state index contributed by atoms with van der Waals surface area (Å²) in [5, 5.41) is 6.79. The maximum atomic E-state index is 12.1. The zero-order valence-electron chi connectivity index (χ0n) is 17.2. The Kier molecular flexibility index (Phi) is 7.28. The third kappa shape index (κ3) is 5.69. The average Bonchev–Trinajstić information content (AvgIpc) is 2.59. The predicted octanol–water partition coefficient (Wildman–Crippen LogP) is 2.82. The molecule has 152 valence electrons. The average molecular weight is 395 g/mol. The molecule has 2 rings (SSSR count). The van der Waals surface area contributed by atoms with Crippen LogP contribution in [0.4, 0.5) is 0 Å². The predicted molar refractivity (Wildman–Crippen MR) is 111 cm³/mol. The third-order valence-electron chi connectivity index (χ3n) is 5.27. The van der Waals surface area contributed by atoms with Gasteiger partial charge in [-0.05, 0) is 48.3 Å². The van der Waals surface area contributed by atoms with Crippen LogP contribution in [-0.4, -0.2) is 46.4 Å². The van der Waals surface area contributed by atoms with Crippen molar-refractivity contribution in [1.82, 2.24) is 14.9 Å². The molecule has 0 saturated heterocycles. The second kappa shape index (κ2) is 9.06. The van der Waals surface area contributed by atoms with Crippen molar-refractivity contribution >= 4 is 16.0 Å². The number of guanidine groups is 1. The highest BCUT2D eigenvalue weighted by Crippen LogP contribution is 2.45. The molecule has 1 aromatic rings. The molecule has 1 aromatic carbocycles. The number of sulfonamides is 1. The molecular weight excluding hydrogens is 360 g/mol. The fraction of sp³-hybridized carbons (Fsp3) is 0.650. The molecule has 1 aliphatic rings. The van der Waals surface area contributed by atoms with E-state index in [9.17, 15) is 8.42 Å². The molecule has 6 nitrogen and oxygen atoms in total. The van der Waals surface area contributed by atoms with Crippen LogP contribution < -0.4 is 10.6 Å². The van der Waals surface area contributed by atoms with Crippen molar-refractivity contribution in [2.75, 3.05) is 27.7 Å². The minimum atomic E-state index is -3.38. The van der Waals surface area contributed by atoms with Crippen molar-refractivity contribution in [2.24, 2.45) is 16.3 Å². The topological polar surface area (TPSA) is 73.8 Å². The van der Waals surface area contributed by atoms with E-state index in [0.29, 0.717) is 22.8 Å². The number of benzene rings is 1. The van der Waals surface area contributed by atoms with Gasteiger partial charge in [0.25, 0.3) is 0 Å². The van der Waals surface area contributed by atoms with Gasteiger partial charge in [0, 0.05) is 34.2 Å². The Hall–Kier alpha value is -1.60. The van der Waals surface area contributed by atoms with Crippen molar-refractivity contribution in [3.63, 3.8) is 0 Å². The summed E-state index contributed by atoms with van der Waals surface area (Å²) in [5.74, 6) is 1.49. The Morgan fingerprint density at radius 3 is 2.26 bits per heavy atom. The van der Waals surface area contributed by atoms with Gasteiger partial charge in [-0.2, -0.15) is 0 Å². The van der Waals surface area contributed by atoms with Crippen LogP contribution in [0.1, 0.15) is 45.1 Å². The van der Waals surface area contributed by atoms with Gasteiger partial charge in [0.2, 0.25) is 10.0 Å². The van der Waals surface area contributed by atoms with Gasteiger partial charge in [0.1, 0.15) is 0 Å². The molecule has 0 atom stereocenters.